The zero-order chi connectivity index (χ0) is 16.9. The van der Waals surface area contributed by atoms with Crippen LogP contribution in [0.4, 0.5) is 5.69 Å². The number of amides is 1. The van der Waals surface area contributed by atoms with Crippen molar-refractivity contribution in [3.05, 3.63) is 75.7 Å². The molecule has 122 valence electrons. The number of aryl methyl sites for hydroxylation is 2. The molecule has 3 rings (SSSR count). The Balaban J connectivity index is 1.72. The van der Waals surface area contributed by atoms with Crippen molar-refractivity contribution < 1.29 is 9.53 Å². The van der Waals surface area contributed by atoms with Crippen LogP contribution in [0.25, 0.3) is 0 Å². The monoisotopic (exact) mass is 338 g/mol. The molecule has 1 N–H and O–H groups in total. The fourth-order valence-electron chi connectivity index (χ4n) is 2.43. The number of ether oxygens (including phenoxy) is 1. The summed E-state index contributed by atoms with van der Waals surface area (Å²) in [6.07, 6.45) is 3.28. The summed E-state index contributed by atoms with van der Waals surface area (Å²) in [5.74, 6) is 0.415. The average Bonchev–Trinajstić information content (AvgIpc) is 3.04. The molecule has 3 aromatic rings. The lowest BCUT2D eigenvalue weighted by Crippen LogP contribution is -2.12. The molecule has 4 nitrogen and oxygen atoms in total. The van der Waals surface area contributed by atoms with Crippen molar-refractivity contribution in [1.82, 2.24) is 4.98 Å². The van der Waals surface area contributed by atoms with E-state index in [0.717, 1.165) is 5.56 Å². The number of nitrogens with one attached hydrogen (secondary N) is 1. The lowest BCUT2D eigenvalue weighted by molar-refractivity contribution is 0.102. The molecule has 0 aliphatic carbocycles. The highest BCUT2D eigenvalue weighted by atomic mass is 32.1. The molecule has 2 aromatic heterocycles. The quantitative estimate of drug-likeness (QED) is 0.740. The van der Waals surface area contributed by atoms with Crippen LogP contribution in [0.15, 0.2) is 54.2 Å². The summed E-state index contributed by atoms with van der Waals surface area (Å²) in [5.41, 5.74) is 4.19. The Morgan fingerprint density at radius 2 is 1.96 bits per heavy atom. The van der Waals surface area contributed by atoms with Crippen molar-refractivity contribution in [3.63, 3.8) is 0 Å². The van der Waals surface area contributed by atoms with E-state index in [-0.39, 0.29) is 5.91 Å². The molecule has 0 bridgehead atoms. The van der Waals surface area contributed by atoms with E-state index in [1.165, 1.54) is 22.5 Å². The van der Waals surface area contributed by atoms with Crippen LogP contribution < -0.4 is 10.1 Å². The van der Waals surface area contributed by atoms with E-state index in [4.69, 9.17) is 4.74 Å². The van der Waals surface area contributed by atoms with Gasteiger partial charge < -0.3 is 10.1 Å². The lowest BCUT2D eigenvalue weighted by Gasteiger charge is -2.12. The number of aromatic nitrogens is 1. The Kier molecular flexibility index (Phi) is 4.91. The molecule has 2 heterocycles. The largest absolute Gasteiger partial charge is 0.487 e. The maximum Gasteiger partial charge on any atom is 0.269 e. The summed E-state index contributed by atoms with van der Waals surface area (Å²) in [7, 11) is 0. The van der Waals surface area contributed by atoms with E-state index in [1.54, 1.807) is 24.5 Å². The Morgan fingerprint density at radius 3 is 2.67 bits per heavy atom. The van der Waals surface area contributed by atoms with Crippen molar-refractivity contribution in [3.8, 4) is 5.75 Å². The van der Waals surface area contributed by atoms with Gasteiger partial charge in [0.25, 0.3) is 5.91 Å². The van der Waals surface area contributed by atoms with Crippen molar-refractivity contribution in [1.29, 1.82) is 0 Å². The third-order valence-electron chi connectivity index (χ3n) is 3.77. The smallest absolute Gasteiger partial charge is 0.269 e. The van der Waals surface area contributed by atoms with Crippen LogP contribution in [0.3, 0.4) is 0 Å². The van der Waals surface area contributed by atoms with Gasteiger partial charge in [0.1, 0.15) is 17.2 Å². The average molecular weight is 338 g/mol. The first-order valence-electron chi connectivity index (χ1n) is 7.62. The van der Waals surface area contributed by atoms with Gasteiger partial charge in [0.05, 0.1) is 11.9 Å². The molecule has 0 atom stereocenters. The standard InChI is InChI=1S/C19H18N2O2S/c1-13-5-3-6-14(2)16(13)12-23-17-8-10-24-18(17)19(22)21-15-7-4-9-20-11-15/h3-11H,12H2,1-2H3,(H,21,22). The van der Waals surface area contributed by atoms with Crippen LogP contribution in [-0.4, -0.2) is 10.9 Å². The van der Waals surface area contributed by atoms with Gasteiger partial charge in [0.15, 0.2) is 0 Å². The highest BCUT2D eigenvalue weighted by molar-refractivity contribution is 7.12. The van der Waals surface area contributed by atoms with Gasteiger partial charge in [-0.25, -0.2) is 0 Å². The predicted molar refractivity (Wildman–Crippen MR) is 96.8 cm³/mol. The van der Waals surface area contributed by atoms with Gasteiger partial charge in [-0.15, -0.1) is 11.3 Å². The molecule has 0 aliphatic heterocycles. The number of carbonyl (C=O) groups excluding carboxylic acids is 1. The normalized spacial score (nSPS) is 10.4. The van der Waals surface area contributed by atoms with Crippen LogP contribution in [0.2, 0.25) is 0 Å². The predicted octanol–water partition coefficient (Wildman–Crippen LogP) is 4.59. The number of benzene rings is 1. The maximum absolute atomic E-state index is 12.4. The number of nitrogens with zero attached hydrogens (tertiary/aromatic N) is 1. The summed E-state index contributed by atoms with van der Waals surface area (Å²) >= 11 is 1.36. The second-order valence-electron chi connectivity index (χ2n) is 5.47. The van der Waals surface area contributed by atoms with Gasteiger partial charge in [-0.3, -0.25) is 9.78 Å². The zero-order valence-electron chi connectivity index (χ0n) is 13.6. The molecule has 1 aromatic carbocycles. The number of pyridine rings is 1. The van der Waals surface area contributed by atoms with E-state index < -0.39 is 0 Å². The minimum absolute atomic E-state index is 0.186. The SMILES string of the molecule is Cc1cccc(C)c1COc1ccsc1C(=O)Nc1cccnc1. The highest BCUT2D eigenvalue weighted by Crippen LogP contribution is 2.27. The Morgan fingerprint density at radius 1 is 1.17 bits per heavy atom. The summed E-state index contributed by atoms with van der Waals surface area (Å²) in [5, 5.41) is 4.69. The van der Waals surface area contributed by atoms with Gasteiger partial charge in [-0.2, -0.15) is 0 Å². The molecule has 0 unspecified atom stereocenters. The van der Waals surface area contributed by atoms with E-state index in [0.29, 0.717) is 22.9 Å². The number of rotatable bonds is 5. The van der Waals surface area contributed by atoms with Crippen LogP contribution in [-0.2, 0) is 6.61 Å². The van der Waals surface area contributed by atoms with Gasteiger partial charge in [0, 0.05) is 6.20 Å². The third kappa shape index (κ3) is 3.63. The molecule has 0 saturated carbocycles. The van der Waals surface area contributed by atoms with Gasteiger partial charge in [0.2, 0.25) is 0 Å². The molecule has 0 fully saturated rings. The van der Waals surface area contributed by atoms with E-state index in [9.17, 15) is 4.79 Å². The van der Waals surface area contributed by atoms with Gasteiger partial charge in [-0.05, 0) is 54.1 Å². The summed E-state index contributed by atoms with van der Waals surface area (Å²) in [4.78, 5) is 17.0. The Bertz CT molecular complexity index is 823. The summed E-state index contributed by atoms with van der Waals surface area (Å²) in [6.45, 7) is 4.58. The first-order valence-corrected chi connectivity index (χ1v) is 8.50. The van der Waals surface area contributed by atoms with Crippen LogP contribution in [0, 0.1) is 13.8 Å². The number of hydrogen-bond donors (Lipinski definition) is 1. The van der Waals surface area contributed by atoms with Crippen LogP contribution >= 0.6 is 11.3 Å². The minimum Gasteiger partial charge on any atom is -0.487 e. The van der Waals surface area contributed by atoms with Crippen molar-refractivity contribution >= 4 is 22.9 Å². The second kappa shape index (κ2) is 7.27. The molecule has 24 heavy (non-hydrogen) atoms. The molecular formula is C19H18N2O2S. The van der Waals surface area contributed by atoms with Gasteiger partial charge in [-0.1, -0.05) is 18.2 Å². The minimum atomic E-state index is -0.186. The highest BCUT2D eigenvalue weighted by Gasteiger charge is 2.15. The first-order chi connectivity index (χ1) is 11.6. The first kappa shape index (κ1) is 16.2. The summed E-state index contributed by atoms with van der Waals surface area (Å²) in [6, 6.07) is 11.6. The van der Waals surface area contributed by atoms with Crippen LogP contribution in [0.1, 0.15) is 26.4 Å². The van der Waals surface area contributed by atoms with Crippen molar-refractivity contribution in [2.75, 3.05) is 5.32 Å². The maximum atomic E-state index is 12.4. The fraction of sp³-hybridized carbons (Fsp3) is 0.158. The molecule has 1 amide bonds. The topological polar surface area (TPSA) is 51.2 Å². The summed E-state index contributed by atoms with van der Waals surface area (Å²) < 4.78 is 5.92. The fourth-order valence-corrected chi connectivity index (χ4v) is 3.16. The van der Waals surface area contributed by atoms with E-state index in [2.05, 4.69) is 36.3 Å². The molecule has 5 heteroatoms. The van der Waals surface area contributed by atoms with Gasteiger partial charge >= 0.3 is 0 Å². The molecule has 0 radical (unpaired) electrons. The van der Waals surface area contributed by atoms with Crippen molar-refractivity contribution in [2.45, 2.75) is 20.5 Å². The van der Waals surface area contributed by atoms with Crippen LogP contribution in [0.5, 0.6) is 5.75 Å². The second-order valence-corrected chi connectivity index (χ2v) is 6.38. The zero-order valence-corrected chi connectivity index (χ0v) is 14.4. The third-order valence-corrected chi connectivity index (χ3v) is 4.67. The number of anilines is 1. The van der Waals surface area contributed by atoms with E-state index in [1.807, 2.05) is 17.5 Å². The molecular weight excluding hydrogens is 320 g/mol. The molecule has 0 aliphatic rings. The molecule has 0 saturated heterocycles. The van der Waals surface area contributed by atoms with Crippen molar-refractivity contribution in [2.24, 2.45) is 0 Å². The number of hydrogen-bond acceptors (Lipinski definition) is 4. The molecule has 0 spiro atoms. The number of carbonyl (C=O) groups is 1. The Hall–Kier alpha value is -2.66. The van der Waals surface area contributed by atoms with E-state index >= 15 is 0 Å². The number of thiophene rings is 1. The lowest BCUT2D eigenvalue weighted by atomic mass is 10.0. The Labute approximate surface area is 145 Å².